The lowest BCUT2D eigenvalue weighted by atomic mass is 10.2. The number of nitrogens with one attached hydrogen (secondary N) is 2. The summed E-state index contributed by atoms with van der Waals surface area (Å²) in [5.41, 5.74) is 1.87. The third-order valence-corrected chi connectivity index (χ3v) is 3.60. The van der Waals surface area contributed by atoms with Gasteiger partial charge in [-0.15, -0.1) is 11.8 Å². The molecular weight excluding hydrogens is 252 g/mol. The second kappa shape index (κ2) is 5.88. The molecule has 3 N–H and O–H groups in total. The SMILES string of the molecule is O=C(O)CCNCc1ccc2c(c1)NC(=O)CS2. The van der Waals surface area contributed by atoms with Crippen molar-refractivity contribution in [1.82, 2.24) is 5.32 Å². The maximum absolute atomic E-state index is 11.3. The monoisotopic (exact) mass is 266 g/mol. The first kappa shape index (κ1) is 12.9. The van der Waals surface area contributed by atoms with Crippen LogP contribution >= 0.6 is 11.8 Å². The Morgan fingerprint density at radius 1 is 1.50 bits per heavy atom. The van der Waals surface area contributed by atoms with E-state index in [1.807, 2.05) is 18.2 Å². The van der Waals surface area contributed by atoms with Gasteiger partial charge in [-0.3, -0.25) is 9.59 Å². The summed E-state index contributed by atoms with van der Waals surface area (Å²) in [7, 11) is 0. The summed E-state index contributed by atoms with van der Waals surface area (Å²) in [5, 5.41) is 14.4. The lowest BCUT2D eigenvalue weighted by Gasteiger charge is -2.17. The number of carboxylic acid groups (broad SMARTS) is 1. The van der Waals surface area contributed by atoms with Crippen LogP contribution in [0.25, 0.3) is 0 Å². The molecule has 5 nitrogen and oxygen atoms in total. The van der Waals surface area contributed by atoms with Crippen molar-refractivity contribution in [3.05, 3.63) is 23.8 Å². The summed E-state index contributed by atoms with van der Waals surface area (Å²) in [5.74, 6) is -0.330. The molecule has 0 aliphatic carbocycles. The molecule has 1 aromatic carbocycles. The number of amides is 1. The van der Waals surface area contributed by atoms with Crippen molar-refractivity contribution in [3.63, 3.8) is 0 Å². The van der Waals surface area contributed by atoms with Gasteiger partial charge < -0.3 is 15.7 Å². The summed E-state index contributed by atoms with van der Waals surface area (Å²) >= 11 is 1.53. The van der Waals surface area contributed by atoms with Crippen molar-refractivity contribution >= 4 is 29.3 Å². The molecule has 0 spiro atoms. The van der Waals surface area contributed by atoms with Crippen molar-refractivity contribution < 1.29 is 14.7 Å². The average Bonchev–Trinajstić information content (AvgIpc) is 2.34. The van der Waals surface area contributed by atoms with Crippen LogP contribution in [0.2, 0.25) is 0 Å². The van der Waals surface area contributed by atoms with E-state index in [4.69, 9.17) is 5.11 Å². The van der Waals surface area contributed by atoms with E-state index in [1.54, 1.807) is 0 Å². The van der Waals surface area contributed by atoms with Crippen LogP contribution in [0.4, 0.5) is 5.69 Å². The number of hydrogen-bond donors (Lipinski definition) is 3. The minimum Gasteiger partial charge on any atom is -0.481 e. The van der Waals surface area contributed by atoms with Crippen LogP contribution in [-0.4, -0.2) is 29.3 Å². The number of hydrogen-bond acceptors (Lipinski definition) is 4. The van der Waals surface area contributed by atoms with Crippen LogP contribution in [-0.2, 0) is 16.1 Å². The van der Waals surface area contributed by atoms with E-state index in [1.165, 1.54) is 11.8 Å². The molecule has 0 saturated heterocycles. The van der Waals surface area contributed by atoms with Gasteiger partial charge in [0.2, 0.25) is 5.91 Å². The van der Waals surface area contributed by atoms with E-state index in [0.717, 1.165) is 16.1 Å². The minimum atomic E-state index is -0.809. The number of carbonyl (C=O) groups excluding carboxylic acids is 1. The van der Waals surface area contributed by atoms with Gasteiger partial charge in [0.15, 0.2) is 0 Å². The largest absolute Gasteiger partial charge is 0.481 e. The summed E-state index contributed by atoms with van der Waals surface area (Å²) in [6.45, 7) is 1.04. The molecule has 6 heteroatoms. The van der Waals surface area contributed by atoms with Crippen LogP contribution in [0.5, 0.6) is 0 Å². The molecule has 0 saturated carbocycles. The molecule has 0 atom stereocenters. The standard InChI is InChI=1S/C12H14N2O3S/c15-11-7-18-10-2-1-8(5-9(10)14-11)6-13-4-3-12(16)17/h1-2,5,13H,3-4,6-7H2,(H,14,15)(H,16,17). The topological polar surface area (TPSA) is 78.4 Å². The van der Waals surface area contributed by atoms with Gasteiger partial charge in [-0.1, -0.05) is 6.07 Å². The third-order valence-electron chi connectivity index (χ3n) is 2.52. The van der Waals surface area contributed by atoms with Crippen LogP contribution in [0, 0.1) is 0 Å². The van der Waals surface area contributed by atoms with Crippen molar-refractivity contribution in [2.45, 2.75) is 17.9 Å². The van der Waals surface area contributed by atoms with E-state index < -0.39 is 5.97 Å². The Bertz CT molecular complexity index is 476. The molecule has 18 heavy (non-hydrogen) atoms. The number of benzene rings is 1. The van der Waals surface area contributed by atoms with Crippen LogP contribution in [0.15, 0.2) is 23.1 Å². The molecule has 0 aromatic heterocycles. The zero-order chi connectivity index (χ0) is 13.0. The molecular formula is C12H14N2O3S. The van der Waals surface area contributed by atoms with Gasteiger partial charge in [0.25, 0.3) is 0 Å². The van der Waals surface area contributed by atoms with E-state index in [-0.39, 0.29) is 12.3 Å². The number of fused-ring (bicyclic) bond motifs is 1. The second-order valence-electron chi connectivity index (χ2n) is 3.99. The Labute approximate surface area is 109 Å². The van der Waals surface area contributed by atoms with Crippen LogP contribution in [0.1, 0.15) is 12.0 Å². The Morgan fingerprint density at radius 3 is 3.11 bits per heavy atom. The van der Waals surface area contributed by atoms with Gasteiger partial charge in [-0.2, -0.15) is 0 Å². The highest BCUT2D eigenvalue weighted by atomic mass is 32.2. The lowest BCUT2D eigenvalue weighted by Crippen LogP contribution is -2.20. The van der Waals surface area contributed by atoms with Crippen molar-refractivity contribution in [3.8, 4) is 0 Å². The first-order valence-electron chi connectivity index (χ1n) is 5.63. The molecule has 1 heterocycles. The predicted octanol–water partition coefficient (Wildman–Crippen LogP) is 1.30. The maximum Gasteiger partial charge on any atom is 0.304 e. The Morgan fingerprint density at radius 2 is 2.33 bits per heavy atom. The number of aliphatic carboxylic acids is 1. The molecule has 0 fully saturated rings. The first-order chi connectivity index (χ1) is 8.65. The molecule has 0 unspecified atom stereocenters. The highest BCUT2D eigenvalue weighted by molar-refractivity contribution is 8.00. The van der Waals surface area contributed by atoms with E-state index in [9.17, 15) is 9.59 Å². The summed E-state index contributed by atoms with van der Waals surface area (Å²) in [4.78, 5) is 22.7. The van der Waals surface area contributed by atoms with E-state index in [0.29, 0.717) is 18.8 Å². The lowest BCUT2D eigenvalue weighted by molar-refractivity contribution is -0.136. The first-order valence-corrected chi connectivity index (χ1v) is 6.62. The molecule has 1 aliphatic heterocycles. The van der Waals surface area contributed by atoms with E-state index >= 15 is 0 Å². The number of carbonyl (C=O) groups is 2. The average molecular weight is 266 g/mol. The zero-order valence-corrected chi connectivity index (χ0v) is 10.5. The molecule has 0 radical (unpaired) electrons. The van der Waals surface area contributed by atoms with Gasteiger partial charge in [-0.05, 0) is 17.7 Å². The smallest absolute Gasteiger partial charge is 0.304 e. The fourth-order valence-corrected chi connectivity index (χ4v) is 2.46. The quantitative estimate of drug-likeness (QED) is 0.700. The van der Waals surface area contributed by atoms with E-state index in [2.05, 4.69) is 10.6 Å². The van der Waals surface area contributed by atoms with Crippen molar-refractivity contribution in [2.75, 3.05) is 17.6 Å². The number of anilines is 1. The molecule has 1 aromatic rings. The van der Waals surface area contributed by atoms with Gasteiger partial charge in [0, 0.05) is 18.0 Å². The number of carboxylic acids is 1. The molecule has 96 valence electrons. The highest BCUT2D eigenvalue weighted by Gasteiger charge is 2.15. The minimum absolute atomic E-state index is 0.0171. The molecule has 2 rings (SSSR count). The summed E-state index contributed by atoms with van der Waals surface area (Å²) in [6.07, 6.45) is 0.109. The normalized spacial score (nSPS) is 13.9. The maximum atomic E-state index is 11.3. The Kier molecular flexibility index (Phi) is 4.22. The predicted molar refractivity (Wildman–Crippen MR) is 69.8 cm³/mol. The van der Waals surface area contributed by atoms with Gasteiger partial charge in [0.05, 0.1) is 17.9 Å². The number of thioether (sulfide) groups is 1. The summed E-state index contributed by atoms with van der Waals surface area (Å²) < 4.78 is 0. The highest BCUT2D eigenvalue weighted by Crippen LogP contribution is 2.31. The molecule has 1 aliphatic rings. The van der Waals surface area contributed by atoms with Crippen LogP contribution in [0.3, 0.4) is 0 Å². The molecule has 0 bridgehead atoms. The van der Waals surface area contributed by atoms with Crippen molar-refractivity contribution in [1.29, 1.82) is 0 Å². The molecule has 1 amide bonds. The summed E-state index contributed by atoms with van der Waals surface area (Å²) in [6, 6.07) is 5.89. The van der Waals surface area contributed by atoms with Crippen LogP contribution < -0.4 is 10.6 Å². The Balaban J connectivity index is 1.92. The van der Waals surface area contributed by atoms with Gasteiger partial charge in [-0.25, -0.2) is 0 Å². The fourth-order valence-electron chi connectivity index (χ4n) is 1.67. The third kappa shape index (κ3) is 3.48. The van der Waals surface area contributed by atoms with Gasteiger partial charge in [0.1, 0.15) is 0 Å². The Hall–Kier alpha value is -1.53. The van der Waals surface area contributed by atoms with Gasteiger partial charge >= 0.3 is 5.97 Å². The number of rotatable bonds is 5. The van der Waals surface area contributed by atoms with Crippen molar-refractivity contribution in [2.24, 2.45) is 0 Å². The second-order valence-corrected chi connectivity index (χ2v) is 5.01. The fraction of sp³-hybridized carbons (Fsp3) is 0.333. The zero-order valence-electron chi connectivity index (χ0n) is 9.73.